The molecule has 29 heavy (non-hydrogen) atoms. The number of para-hydroxylation sites is 1. The molecule has 0 saturated carbocycles. The highest BCUT2D eigenvalue weighted by molar-refractivity contribution is 5.84. The van der Waals surface area contributed by atoms with Crippen molar-refractivity contribution in [3.05, 3.63) is 29.8 Å². The predicted octanol–water partition coefficient (Wildman–Crippen LogP) is 3.25. The molecule has 3 saturated heterocycles. The Balaban J connectivity index is 1.44. The van der Waals surface area contributed by atoms with Gasteiger partial charge in [0.1, 0.15) is 17.8 Å². The van der Waals surface area contributed by atoms with Crippen molar-refractivity contribution in [3.63, 3.8) is 0 Å². The lowest BCUT2D eigenvalue weighted by atomic mass is 9.82. The SMILES string of the molecule is COc1ccccc1C1OC(=O)C[C@H]1C(=O)OC[C@H]1CCC[N+]2(C)CCCC[C@@H]12. The number of cyclic esters (lactones) is 1. The van der Waals surface area contributed by atoms with Gasteiger partial charge in [0.05, 0.1) is 46.3 Å². The van der Waals surface area contributed by atoms with Crippen molar-refractivity contribution < 1.29 is 28.3 Å². The maximum atomic E-state index is 13.0. The number of fused-ring (bicyclic) bond motifs is 1. The summed E-state index contributed by atoms with van der Waals surface area (Å²) in [5, 5.41) is 0. The van der Waals surface area contributed by atoms with Crippen molar-refractivity contribution in [2.45, 2.75) is 50.7 Å². The summed E-state index contributed by atoms with van der Waals surface area (Å²) in [4.78, 5) is 25.0. The Bertz CT molecular complexity index is 761. The first kappa shape index (κ1) is 20.2. The van der Waals surface area contributed by atoms with Gasteiger partial charge in [-0.05, 0) is 31.7 Å². The molecule has 3 aliphatic heterocycles. The number of carbonyl (C=O) groups is 2. The molecule has 3 aliphatic rings. The lowest BCUT2D eigenvalue weighted by Crippen LogP contribution is -2.61. The van der Waals surface area contributed by atoms with Gasteiger partial charge in [0.25, 0.3) is 0 Å². The van der Waals surface area contributed by atoms with Crippen molar-refractivity contribution in [3.8, 4) is 5.75 Å². The van der Waals surface area contributed by atoms with E-state index in [0.717, 1.165) is 16.5 Å². The normalized spacial score (nSPS) is 34.2. The van der Waals surface area contributed by atoms with Crippen molar-refractivity contribution >= 4 is 11.9 Å². The largest absolute Gasteiger partial charge is 0.496 e. The van der Waals surface area contributed by atoms with E-state index in [0.29, 0.717) is 24.3 Å². The lowest BCUT2D eigenvalue weighted by molar-refractivity contribution is -0.947. The van der Waals surface area contributed by atoms with Crippen LogP contribution in [0.5, 0.6) is 5.75 Å². The number of piperidine rings is 2. The van der Waals surface area contributed by atoms with E-state index in [1.54, 1.807) is 7.11 Å². The molecule has 0 aromatic heterocycles. The van der Waals surface area contributed by atoms with Gasteiger partial charge in [0.15, 0.2) is 0 Å². The summed E-state index contributed by atoms with van der Waals surface area (Å²) in [6, 6.07) is 7.95. The molecule has 0 radical (unpaired) electrons. The van der Waals surface area contributed by atoms with Crippen molar-refractivity contribution in [2.75, 3.05) is 33.9 Å². The van der Waals surface area contributed by atoms with Gasteiger partial charge in [0, 0.05) is 17.9 Å². The molecule has 0 aliphatic carbocycles. The number of esters is 2. The minimum Gasteiger partial charge on any atom is -0.496 e. The lowest BCUT2D eigenvalue weighted by Gasteiger charge is -2.51. The third-order valence-electron chi connectivity index (χ3n) is 7.21. The average molecular weight is 403 g/mol. The highest BCUT2D eigenvalue weighted by Crippen LogP contribution is 2.41. The Morgan fingerprint density at radius 1 is 1.17 bits per heavy atom. The van der Waals surface area contributed by atoms with E-state index in [9.17, 15) is 9.59 Å². The van der Waals surface area contributed by atoms with E-state index in [2.05, 4.69) is 7.05 Å². The second-order valence-electron chi connectivity index (χ2n) is 8.99. The van der Waals surface area contributed by atoms with Crippen molar-refractivity contribution in [1.29, 1.82) is 0 Å². The van der Waals surface area contributed by atoms with Crippen molar-refractivity contribution in [2.24, 2.45) is 11.8 Å². The molecular weight excluding hydrogens is 370 g/mol. The molecule has 4 rings (SSSR count). The Kier molecular flexibility index (Phi) is 5.81. The van der Waals surface area contributed by atoms with Crippen LogP contribution >= 0.6 is 0 Å². The summed E-state index contributed by atoms with van der Waals surface area (Å²) >= 11 is 0. The van der Waals surface area contributed by atoms with Gasteiger partial charge in [0.2, 0.25) is 0 Å². The highest BCUT2D eigenvalue weighted by Gasteiger charge is 2.46. The van der Waals surface area contributed by atoms with Crippen LogP contribution < -0.4 is 4.74 Å². The molecule has 0 amide bonds. The first-order valence-corrected chi connectivity index (χ1v) is 10.8. The Morgan fingerprint density at radius 3 is 2.79 bits per heavy atom. The molecule has 2 unspecified atom stereocenters. The maximum absolute atomic E-state index is 13.0. The molecule has 1 aromatic rings. The van der Waals surface area contributed by atoms with Crippen LogP contribution in [0.3, 0.4) is 0 Å². The molecule has 6 nitrogen and oxygen atoms in total. The van der Waals surface area contributed by atoms with Gasteiger partial charge in [-0.2, -0.15) is 0 Å². The van der Waals surface area contributed by atoms with Crippen LogP contribution in [0.2, 0.25) is 0 Å². The molecule has 0 N–H and O–H groups in total. The van der Waals surface area contributed by atoms with Crippen LogP contribution in [0.25, 0.3) is 0 Å². The smallest absolute Gasteiger partial charge is 0.313 e. The number of hydrogen-bond acceptors (Lipinski definition) is 5. The van der Waals surface area contributed by atoms with E-state index in [4.69, 9.17) is 14.2 Å². The predicted molar refractivity (Wildman–Crippen MR) is 107 cm³/mol. The Labute approximate surface area is 172 Å². The third-order valence-corrected chi connectivity index (χ3v) is 7.21. The number of methoxy groups -OCH3 is 1. The number of quaternary nitrogens is 1. The van der Waals surface area contributed by atoms with E-state index in [1.165, 1.54) is 38.8 Å². The quantitative estimate of drug-likeness (QED) is 0.559. The van der Waals surface area contributed by atoms with Gasteiger partial charge < -0.3 is 18.7 Å². The first-order valence-electron chi connectivity index (χ1n) is 10.8. The number of carbonyl (C=O) groups excluding carboxylic acids is 2. The number of benzene rings is 1. The van der Waals surface area contributed by atoms with Crippen LogP contribution in [0.1, 0.15) is 50.2 Å². The summed E-state index contributed by atoms with van der Waals surface area (Å²) in [6.07, 6.45) is 5.49. The van der Waals surface area contributed by atoms with Crippen LogP contribution in [-0.2, 0) is 19.1 Å². The molecule has 1 aromatic carbocycles. The van der Waals surface area contributed by atoms with Crippen LogP contribution in [0.4, 0.5) is 0 Å². The second-order valence-corrected chi connectivity index (χ2v) is 8.99. The van der Waals surface area contributed by atoms with E-state index in [1.807, 2.05) is 24.3 Å². The minimum atomic E-state index is -0.645. The topological polar surface area (TPSA) is 61.8 Å². The molecule has 5 atom stereocenters. The first-order chi connectivity index (χ1) is 14.0. The van der Waals surface area contributed by atoms with E-state index >= 15 is 0 Å². The standard InChI is InChI=1S/C23H32NO5/c1-24-12-6-5-10-19(24)16(8-7-13-24)15-28-23(26)18-14-21(25)29-22(18)17-9-3-4-11-20(17)27-2/h3-4,9,11,16,18-19,22H,5-8,10,12-15H2,1-2H3/q+1/t16-,18-,19+,22?,24?/m1/s1. The van der Waals surface area contributed by atoms with Gasteiger partial charge in [-0.1, -0.05) is 18.2 Å². The van der Waals surface area contributed by atoms with Gasteiger partial charge >= 0.3 is 11.9 Å². The molecule has 6 heteroatoms. The zero-order chi connectivity index (χ0) is 20.4. The molecule has 3 heterocycles. The van der Waals surface area contributed by atoms with Gasteiger partial charge in [-0.3, -0.25) is 9.59 Å². The number of nitrogens with zero attached hydrogens (tertiary/aromatic N) is 1. The van der Waals surface area contributed by atoms with Crippen LogP contribution in [0.15, 0.2) is 24.3 Å². The molecule has 3 fully saturated rings. The summed E-state index contributed by atoms with van der Waals surface area (Å²) in [5.74, 6) is -0.290. The summed E-state index contributed by atoms with van der Waals surface area (Å²) < 4.78 is 17.8. The third kappa shape index (κ3) is 4.00. The number of hydrogen-bond donors (Lipinski definition) is 0. The molecule has 158 valence electrons. The maximum Gasteiger partial charge on any atom is 0.313 e. The minimum absolute atomic E-state index is 0.0589. The number of ether oxygens (including phenoxy) is 3. The molecular formula is C23H32NO5+. The highest BCUT2D eigenvalue weighted by atomic mass is 16.6. The molecule has 0 bridgehead atoms. The van der Waals surface area contributed by atoms with E-state index in [-0.39, 0.29) is 18.4 Å². The summed E-state index contributed by atoms with van der Waals surface area (Å²) in [6.45, 7) is 2.91. The monoisotopic (exact) mass is 402 g/mol. The van der Waals surface area contributed by atoms with Crippen molar-refractivity contribution in [1.82, 2.24) is 0 Å². The average Bonchev–Trinajstić information content (AvgIpc) is 3.13. The van der Waals surface area contributed by atoms with Gasteiger partial charge in [-0.25, -0.2) is 0 Å². The Morgan fingerprint density at radius 2 is 1.97 bits per heavy atom. The van der Waals surface area contributed by atoms with Crippen LogP contribution in [-0.4, -0.2) is 56.3 Å². The Hall–Kier alpha value is -2.08. The zero-order valence-corrected chi connectivity index (χ0v) is 17.5. The molecule has 0 spiro atoms. The fourth-order valence-corrected chi connectivity index (χ4v) is 5.67. The summed E-state index contributed by atoms with van der Waals surface area (Å²) in [7, 11) is 3.93. The van der Waals surface area contributed by atoms with E-state index < -0.39 is 12.0 Å². The second kappa shape index (κ2) is 8.34. The fourth-order valence-electron chi connectivity index (χ4n) is 5.67. The zero-order valence-electron chi connectivity index (χ0n) is 17.5. The summed E-state index contributed by atoms with van der Waals surface area (Å²) in [5.41, 5.74) is 0.719. The van der Waals surface area contributed by atoms with Crippen LogP contribution in [0, 0.1) is 11.8 Å². The van der Waals surface area contributed by atoms with Gasteiger partial charge in [-0.15, -0.1) is 0 Å². The number of rotatable bonds is 5. The fraction of sp³-hybridized carbons (Fsp3) is 0.652.